The van der Waals surface area contributed by atoms with Gasteiger partial charge in [0.1, 0.15) is 18.1 Å². The molecular weight excluding hydrogens is 469 g/mol. The maximum atomic E-state index is 13.1. The van der Waals surface area contributed by atoms with Crippen LogP contribution in [0.25, 0.3) is 0 Å². The molecule has 1 heterocycles. The molecular formula is C20H15BrFN7O2. The first-order valence-corrected chi connectivity index (χ1v) is 9.62. The number of aromatic nitrogens is 2. The summed E-state index contributed by atoms with van der Waals surface area (Å²) in [7, 11) is 0. The Labute approximate surface area is 184 Å². The number of nitriles is 1. The van der Waals surface area contributed by atoms with Crippen LogP contribution in [0.4, 0.5) is 27.5 Å². The molecule has 0 aliphatic heterocycles. The van der Waals surface area contributed by atoms with Gasteiger partial charge in [-0.3, -0.25) is 20.4 Å². The zero-order valence-corrected chi connectivity index (χ0v) is 17.4. The number of amides is 2. The van der Waals surface area contributed by atoms with Gasteiger partial charge in [0.2, 0.25) is 5.95 Å². The highest BCUT2D eigenvalue weighted by Crippen LogP contribution is 2.25. The standard InChI is InChI=1S/C20H15BrFN7O2/c21-16-11-24-20(27-18(16)25-14-7-3-13(22)4-8-14)26-15-5-1-12(2-6-15)19(31)29-28-17(30)9-10-23/h1-8,11H,9H2,(H,28,30)(H,29,31)(H2,24,25,26,27). The van der Waals surface area contributed by atoms with Gasteiger partial charge in [-0.2, -0.15) is 10.2 Å². The molecule has 0 aliphatic rings. The largest absolute Gasteiger partial charge is 0.339 e. The number of anilines is 4. The Hall–Kier alpha value is -4.04. The molecule has 2 aromatic carbocycles. The number of hydrazine groups is 1. The number of benzene rings is 2. The van der Waals surface area contributed by atoms with Crippen molar-refractivity contribution in [3.63, 3.8) is 0 Å². The molecule has 11 heteroatoms. The molecule has 0 fully saturated rings. The first-order valence-electron chi connectivity index (χ1n) is 8.83. The lowest BCUT2D eigenvalue weighted by Crippen LogP contribution is -2.41. The summed E-state index contributed by atoms with van der Waals surface area (Å²) in [5.41, 5.74) is 5.95. The van der Waals surface area contributed by atoms with E-state index in [1.807, 2.05) is 0 Å². The van der Waals surface area contributed by atoms with E-state index in [1.54, 1.807) is 48.7 Å². The molecule has 9 nitrogen and oxygen atoms in total. The molecule has 31 heavy (non-hydrogen) atoms. The van der Waals surface area contributed by atoms with Crippen LogP contribution in [0.2, 0.25) is 0 Å². The second-order valence-corrected chi connectivity index (χ2v) is 6.92. The number of carbonyl (C=O) groups excluding carboxylic acids is 2. The van der Waals surface area contributed by atoms with Crippen LogP contribution in [-0.2, 0) is 4.79 Å². The van der Waals surface area contributed by atoms with Crippen molar-refractivity contribution in [2.45, 2.75) is 6.42 Å². The van der Waals surface area contributed by atoms with Crippen LogP contribution in [0.5, 0.6) is 0 Å². The third-order valence-electron chi connectivity index (χ3n) is 3.81. The van der Waals surface area contributed by atoms with Crippen molar-refractivity contribution in [2.75, 3.05) is 10.6 Å². The van der Waals surface area contributed by atoms with Crippen molar-refractivity contribution in [2.24, 2.45) is 0 Å². The smallest absolute Gasteiger partial charge is 0.269 e. The van der Waals surface area contributed by atoms with Crippen molar-refractivity contribution in [1.29, 1.82) is 5.26 Å². The molecule has 1 aromatic heterocycles. The van der Waals surface area contributed by atoms with Crippen molar-refractivity contribution in [3.05, 3.63) is 70.6 Å². The zero-order chi connectivity index (χ0) is 22.2. The van der Waals surface area contributed by atoms with Crippen LogP contribution >= 0.6 is 15.9 Å². The number of halogens is 2. The van der Waals surface area contributed by atoms with Gasteiger partial charge in [-0.05, 0) is 64.5 Å². The van der Waals surface area contributed by atoms with Crippen LogP contribution in [0.15, 0.2) is 59.2 Å². The lowest BCUT2D eigenvalue weighted by atomic mass is 10.2. The summed E-state index contributed by atoms with van der Waals surface area (Å²) in [5, 5.41) is 14.5. The highest BCUT2D eigenvalue weighted by molar-refractivity contribution is 9.10. The molecule has 0 spiro atoms. The third kappa shape index (κ3) is 6.22. The van der Waals surface area contributed by atoms with Crippen LogP contribution in [0.1, 0.15) is 16.8 Å². The molecule has 0 aliphatic carbocycles. The Morgan fingerprint density at radius 1 is 1.00 bits per heavy atom. The first-order chi connectivity index (χ1) is 14.9. The van der Waals surface area contributed by atoms with Crippen LogP contribution in [0.3, 0.4) is 0 Å². The number of hydrogen-bond donors (Lipinski definition) is 4. The number of nitrogens with one attached hydrogen (secondary N) is 4. The number of nitrogens with zero attached hydrogens (tertiary/aromatic N) is 3. The predicted molar refractivity (Wildman–Crippen MR) is 115 cm³/mol. The molecule has 0 bridgehead atoms. The topological polar surface area (TPSA) is 132 Å². The third-order valence-corrected chi connectivity index (χ3v) is 4.39. The van der Waals surface area contributed by atoms with Crippen LogP contribution in [0, 0.1) is 17.1 Å². The maximum absolute atomic E-state index is 13.1. The van der Waals surface area contributed by atoms with Gasteiger partial charge in [0.25, 0.3) is 11.8 Å². The van der Waals surface area contributed by atoms with Gasteiger partial charge >= 0.3 is 0 Å². The van der Waals surface area contributed by atoms with Crippen molar-refractivity contribution < 1.29 is 14.0 Å². The molecule has 3 aromatic rings. The maximum Gasteiger partial charge on any atom is 0.269 e. The van der Waals surface area contributed by atoms with Crippen LogP contribution < -0.4 is 21.5 Å². The van der Waals surface area contributed by atoms with Crippen LogP contribution in [-0.4, -0.2) is 21.8 Å². The van der Waals surface area contributed by atoms with E-state index in [1.165, 1.54) is 12.1 Å². The van der Waals surface area contributed by atoms with E-state index in [-0.39, 0.29) is 12.2 Å². The average Bonchev–Trinajstić information content (AvgIpc) is 2.76. The summed E-state index contributed by atoms with van der Waals surface area (Å²) in [6, 6.07) is 13.9. The summed E-state index contributed by atoms with van der Waals surface area (Å²) >= 11 is 3.37. The molecule has 4 N–H and O–H groups in total. The summed E-state index contributed by atoms with van der Waals surface area (Å²) in [6.45, 7) is 0. The number of rotatable bonds is 6. The highest BCUT2D eigenvalue weighted by atomic mass is 79.9. The summed E-state index contributed by atoms with van der Waals surface area (Å²) in [5.74, 6) is -0.687. The quantitative estimate of drug-likeness (QED) is 0.394. The summed E-state index contributed by atoms with van der Waals surface area (Å²) in [6.07, 6.45) is 1.21. The molecule has 0 unspecified atom stereocenters. The molecule has 0 saturated carbocycles. The van der Waals surface area contributed by atoms with E-state index in [4.69, 9.17) is 5.26 Å². The zero-order valence-electron chi connectivity index (χ0n) is 15.8. The van der Waals surface area contributed by atoms with E-state index >= 15 is 0 Å². The minimum Gasteiger partial charge on any atom is -0.339 e. The van der Waals surface area contributed by atoms with E-state index < -0.39 is 11.8 Å². The Bertz CT molecular complexity index is 1130. The second-order valence-electron chi connectivity index (χ2n) is 6.06. The van der Waals surface area contributed by atoms with Gasteiger partial charge < -0.3 is 10.6 Å². The molecule has 2 amide bonds. The van der Waals surface area contributed by atoms with Gasteiger partial charge in [-0.1, -0.05) is 0 Å². The molecule has 0 atom stereocenters. The average molecular weight is 484 g/mol. The number of hydrogen-bond acceptors (Lipinski definition) is 7. The van der Waals surface area contributed by atoms with Crippen molar-refractivity contribution >= 4 is 50.9 Å². The van der Waals surface area contributed by atoms with Gasteiger partial charge in [0, 0.05) is 23.1 Å². The van der Waals surface area contributed by atoms with Gasteiger partial charge in [0.05, 0.1) is 10.5 Å². The Morgan fingerprint density at radius 2 is 1.65 bits per heavy atom. The molecule has 156 valence electrons. The van der Waals surface area contributed by atoms with E-state index in [0.29, 0.717) is 33.2 Å². The normalized spacial score (nSPS) is 9.97. The van der Waals surface area contributed by atoms with Crippen molar-refractivity contribution in [1.82, 2.24) is 20.8 Å². The molecule has 0 radical (unpaired) electrons. The summed E-state index contributed by atoms with van der Waals surface area (Å²) < 4.78 is 13.7. The Morgan fingerprint density at radius 3 is 2.32 bits per heavy atom. The van der Waals surface area contributed by atoms with E-state index in [0.717, 1.165) is 0 Å². The minimum atomic E-state index is -0.605. The van der Waals surface area contributed by atoms with E-state index in [9.17, 15) is 14.0 Å². The monoisotopic (exact) mass is 483 g/mol. The van der Waals surface area contributed by atoms with E-state index in [2.05, 4.69) is 47.4 Å². The predicted octanol–water partition coefficient (Wildman–Crippen LogP) is 3.54. The fourth-order valence-corrected chi connectivity index (χ4v) is 2.62. The highest BCUT2D eigenvalue weighted by Gasteiger charge is 2.09. The lowest BCUT2D eigenvalue weighted by molar-refractivity contribution is -0.120. The Balaban J connectivity index is 1.64. The van der Waals surface area contributed by atoms with Gasteiger partial charge in [-0.15, -0.1) is 0 Å². The second kappa shape index (κ2) is 10.1. The van der Waals surface area contributed by atoms with Crippen molar-refractivity contribution in [3.8, 4) is 6.07 Å². The summed E-state index contributed by atoms with van der Waals surface area (Å²) in [4.78, 5) is 31.8. The first kappa shape index (κ1) is 21.7. The minimum absolute atomic E-state index is 0.300. The Kier molecular flexibility index (Phi) is 7.08. The molecule has 3 rings (SSSR count). The molecule has 0 saturated heterocycles. The van der Waals surface area contributed by atoms with Gasteiger partial charge in [0.15, 0.2) is 0 Å². The SMILES string of the molecule is N#CCC(=O)NNC(=O)c1ccc(Nc2ncc(Br)c(Nc3ccc(F)cc3)n2)cc1. The lowest BCUT2D eigenvalue weighted by Gasteiger charge is -2.11. The fraction of sp³-hybridized carbons (Fsp3) is 0.0500. The van der Waals surface area contributed by atoms with Gasteiger partial charge in [-0.25, -0.2) is 9.37 Å². The fourth-order valence-electron chi connectivity index (χ4n) is 2.33. The number of carbonyl (C=O) groups is 2.